The van der Waals surface area contributed by atoms with Crippen LogP contribution < -0.4 is 0 Å². The summed E-state index contributed by atoms with van der Waals surface area (Å²) in [6.45, 7) is 4.58. The fourth-order valence-electron chi connectivity index (χ4n) is 3.51. The summed E-state index contributed by atoms with van der Waals surface area (Å²) >= 11 is 0. The topological polar surface area (TPSA) is 0 Å². The number of rotatable bonds is 7. The molecule has 1 aromatic rings. The molecule has 116 valence electrons. The molecule has 0 bridgehead atoms. The summed E-state index contributed by atoms with van der Waals surface area (Å²) in [5, 5.41) is 0. The van der Waals surface area contributed by atoms with Gasteiger partial charge in [0, 0.05) is 0 Å². The molecule has 0 nitrogen and oxygen atoms in total. The van der Waals surface area contributed by atoms with Crippen LogP contribution in [0.15, 0.2) is 36.4 Å². The maximum Gasteiger partial charge on any atom is -0.00975 e. The summed E-state index contributed by atoms with van der Waals surface area (Å²) in [6, 6.07) is 9.17. The Labute approximate surface area is 131 Å². The van der Waals surface area contributed by atoms with Gasteiger partial charge in [-0.3, -0.25) is 0 Å². The van der Waals surface area contributed by atoms with Crippen molar-refractivity contribution in [1.82, 2.24) is 0 Å². The summed E-state index contributed by atoms with van der Waals surface area (Å²) < 4.78 is 0. The van der Waals surface area contributed by atoms with E-state index < -0.39 is 0 Å². The van der Waals surface area contributed by atoms with Crippen LogP contribution in [0.25, 0.3) is 0 Å². The lowest BCUT2D eigenvalue weighted by Gasteiger charge is -2.26. The Bertz CT molecular complexity index is 404. The van der Waals surface area contributed by atoms with E-state index in [0.717, 1.165) is 18.3 Å². The standard InChI is InChI=1S/C21H32/c1-3-7-19-14-16-21(17-15-19)9-6-5-8-20-12-10-18(4-2)11-13-20/h5-6,14-18,20H,3-4,7-13H2,1-2H3. The predicted molar refractivity (Wildman–Crippen MR) is 93.6 cm³/mol. The normalized spacial score (nSPS) is 22.8. The van der Waals surface area contributed by atoms with Gasteiger partial charge >= 0.3 is 0 Å². The van der Waals surface area contributed by atoms with E-state index in [9.17, 15) is 0 Å². The summed E-state index contributed by atoms with van der Waals surface area (Å²) in [4.78, 5) is 0. The smallest absolute Gasteiger partial charge is 0.00975 e. The van der Waals surface area contributed by atoms with Gasteiger partial charge in [0.05, 0.1) is 0 Å². The second-order valence-corrected chi connectivity index (χ2v) is 6.77. The van der Waals surface area contributed by atoms with Gasteiger partial charge in [-0.1, -0.05) is 75.9 Å². The molecule has 0 aliphatic heterocycles. The zero-order chi connectivity index (χ0) is 14.9. The average molecular weight is 284 g/mol. The van der Waals surface area contributed by atoms with Gasteiger partial charge in [-0.25, -0.2) is 0 Å². The van der Waals surface area contributed by atoms with Crippen molar-refractivity contribution < 1.29 is 0 Å². The molecule has 0 radical (unpaired) electrons. The third-order valence-corrected chi connectivity index (χ3v) is 5.09. The first kappa shape index (κ1) is 16.3. The molecule has 2 rings (SSSR count). The van der Waals surface area contributed by atoms with E-state index in [2.05, 4.69) is 50.3 Å². The zero-order valence-electron chi connectivity index (χ0n) is 14.0. The molecule has 0 atom stereocenters. The van der Waals surface area contributed by atoms with Gasteiger partial charge in [-0.05, 0) is 55.1 Å². The zero-order valence-corrected chi connectivity index (χ0v) is 14.0. The minimum Gasteiger partial charge on any atom is -0.0879 e. The minimum atomic E-state index is 0.955. The highest BCUT2D eigenvalue weighted by Crippen LogP contribution is 2.32. The Kier molecular flexibility index (Phi) is 7.06. The predicted octanol–water partition coefficient (Wildman–Crippen LogP) is 6.34. The second-order valence-electron chi connectivity index (χ2n) is 6.77. The quantitative estimate of drug-likeness (QED) is 0.512. The van der Waals surface area contributed by atoms with Crippen LogP contribution in [0.2, 0.25) is 0 Å². The Morgan fingerprint density at radius 3 is 2.10 bits per heavy atom. The van der Waals surface area contributed by atoms with Crippen molar-refractivity contribution in [3.05, 3.63) is 47.5 Å². The molecule has 1 aliphatic rings. The molecule has 1 saturated carbocycles. The van der Waals surface area contributed by atoms with E-state index in [4.69, 9.17) is 0 Å². The monoisotopic (exact) mass is 284 g/mol. The molecule has 0 spiro atoms. The van der Waals surface area contributed by atoms with Crippen molar-refractivity contribution in [1.29, 1.82) is 0 Å². The maximum atomic E-state index is 2.43. The molecule has 1 aromatic carbocycles. The van der Waals surface area contributed by atoms with E-state index in [1.54, 1.807) is 0 Å². The van der Waals surface area contributed by atoms with Gasteiger partial charge < -0.3 is 0 Å². The fourth-order valence-corrected chi connectivity index (χ4v) is 3.51. The largest absolute Gasteiger partial charge is 0.0879 e. The number of hydrogen-bond acceptors (Lipinski definition) is 0. The number of benzene rings is 1. The van der Waals surface area contributed by atoms with Gasteiger partial charge in [-0.2, -0.15) is 0 Å². The van der Waals surface area contributed by atoms with Crippen molar-refractivity contribution in [2.75, 3.05) is 0 Å². The third-order valence-electron chi connectivity index (χ3n) is 5.09. The maximum absolute atomic E-state index is 2.43. The average Bonchev–Trinajstić information content (AvgIpc) is 2.54. The van der Waals surface area contributed by atoms with Crippen LogP contribution in [0, 0.1) is 11.8 Å². The van der Waals surface area contributed by atoms with Gasteiger partial charge in [0.1, 0.15) is 0 Å². The van der Waals surface area contributed by atoms with Gasteiger partial charge in [0.15, 0.2) is 0 Å². The highest BCUT2D eigenvalue weighted by Gasteiger charge is 2.18. The van der Waals surface area contributed by atoms with Crippen molar-refractivity contribution in [2.45, 2.75) is 71.6 Å². The molecule has 0 amide bonds. The van der Waals surface area contributed by atoms with Crippen LogP contribution in [0.5, 0.6) is 0 Å². The summed E-state index contributed by atoms with van der Waals surface area (Å²) in [7, 11) is 0. The highest BCUT2D eigenvalue weighted by atomic mass is 14.2. The van der Waals surface area contributed by atoms with Crippen LogP contribution in [0.4, 0.5) is 0 Å². The molecule has 0 heteroatoms. The Morgan fingerprint density at radius 2 is 1.48 bits per heavy atom. The van der Waals surface area contributed by atoms with E-state index in [1.165, 1.54) is 62.5 Å². The third kappa shape index (κ3) is 5.69. The molecule has 21 heavy (non-hydrogen) atoms. The molecule has 0 unspecified atom stereocenters. The van der Waals surface area contributed by atoms with Crippen LogP contribution in [0.1, 0.15) is 69.9 Å². The molecule has 0 N–H and O–H groups in total. The minimum absolute atomic E-state index is 0.955. The van der Waals surface area contributed by atoms with Crippen molar-refractivity contribution in [3.8, 4) is 0 Å². The summed E-state index contributed by atoms with van der Waals surface area (Å²) in [5.74, 6) is 1.97. The van der Waals surface area contributed by atoms with Crippen LogP contribution in [-0.4, -0.2) is 0 Å². The number of allylic oxidation sites excluding steroid dienone is 2. The molecule has 0 heterocycles. The van der Waals surface area contributed by atoms with Crippen molar-refractivity contribution >= 4 is 0 Å². The van der Waals surface area contributed by atoms with E-state index in [1.807, 2.05) is 0 Å². The summed E-state index contributed by atoms with van der Waals surface area (Å²) in [5.41, 5.74) is 2.92. The van der Waals surface area contributed by atoms with Gasteiger partial charge in [0.2, 0.25) is 0 Å². The molecular weight excluding hydrogens is 252 g/mol. The fraction of sp³-hybridized carbons (Fsp3) is 0.619. The van der Waals surface area contributed by atoms with E-state index >= 15 is 0 Å². The lowest BCUT2D eigenvalue weighted by molar-refractivity contribution is 0.271. The van der Waals surface area contributed by atoms with Crippen LogP contribution in [-0.2, 0) is 12.8 Å². The van der Waals surface area contributed by atoms with E-state index in [-0.39, 0.29) is 0 Å². The van der Waals surface area contributed by atoms with Crippen LogP contribution >= 0.6 is 0 Å². The first-order valence-corrected chi connectivity index (χ1v) is 9.04. The molecule has 0 saturated heterocycles. The van der Waals surface area contributed by atoms with Gasteiger partial charge in [0.25, 0.3) is 0 Å². The Balaban J connectivity index is 1.68. The SMILES string of the molecule is CCCc1ccc(CC=CCC2CCC(CC)CC2)cc1. The Hall–Kier alpha value is -1.04. The lowest BCUT2D eigenvalue weighted by Crippen LogP contribution is -2.13. The molecule has 1 fully saturated rings. The van der Waals surface area contributed by atoms with Crippen molar-refractivity contribution in [2.24, 2.45) is 11.8 Å². The highest BCUT2D eigenvalue weighted by molar-refractivity contribution is 5.24. The molecule has 1 aliphatic carbocycles. The first-order valence-electron chi connectivity index (χ1n) is 9.04. The van der Waals surface area contributed by atoms with E-state index in [0.29, 0.717) is 0 Å². The first-order chi connectivity index (χ1) is 10.3. The molecule has 0 aromatic heterocycles. The number of aryl methyl sites for hydroxylation is 1. The van der Waals surface area contributed by atoms with Crippen LogP contribution in [0.3, 0.4) is 0 Å². The lowest BCUT2D eigenvalue weighted by atomic mass is 9.79. The molecular formula is C21H32. The summed E-state index contributed by atoms with van der Waals surface area (Å²) in [6.07, 6.45) is 16.9. The number of hydrogen-bond donors (Lipinski definition) is 0. The van der Waals surface area contributed by atoms with Gasteiger partial charge in [-0.15, -0.1) is 0 Å². The van der Waals surface area contributed by atoms with Crippen molar-refractivity contribution in [3.63, 3.8) is 0 Å². The second kappa shape index (κ2) is 9.07. The Morgan fingerprint density at radius 1 is 0.857 bits per heavy atom.